The summed E-state index contributed by atoms with van der Waals surface area (Å²) in [5.41, 5.74) is 2.17. The van der Waals surface area contributed by atoms with Crippen molar-refractivity contribution in [3.8, 4) is 5.75 Å². The fourth-order valence-electron chi connectivity index (χ4n) is 4.82. The van der Waals surface area contributed by atoms with E-state index in [1.165, 1.54) is 23.4 Å². The maximum Gasteiger partial charge on any atom is 0.308 e. The van der Waals surface area contributed by atoms with Crippen LogP contribution >= 0.6 is 24.2 Å². The molecule has 0 unspecified atom stereocenters. The summed E-state index contributed by atoms with van der Waals surface area (Å²) in [6.07, 6.45) is 5.43. The monoisotopic (exact) mass is 518 g/mol. The Hall–Kier alpha value is -2.35. The summed E-state index contributed by atoms with van der Waals surface area (Å²) in [5.74, 6) is 0.465. The van der Waals surface area contributed by atoms with E-state index in [4.69, 9.17) is 4.74 Å². The number of aliphatic carboxylic acids is 1. The van der Waals surface area contributed by atoms with Crippen molar-refractivity contribution in [1.82, 2.24) is 9.88 Å². The van der Waals surface area contributed by atoms with Gasteiger partial charge in [-0.25, -0.2) is 4.39 Å². The van der Waals surface area contributed by atoms with E-state index < -0.39 is 5.97 Å². The largest absolute Gasteiger partial charge is 0.497 e. The molecule has 0 bridgehead atoms. The minimum Gasteiger partial charge on any atom is -0.497 e. The zero-order chi connectivity index (χ0) is 23.9. The van der Waals surface area contributed by atoms with E-state index in [0.717, 1.165) is 61.2 Å². The SMILES string of the molecule is COc1ccc2nccc(CCC[C@@H]3CCN(CCSc4ccccc4F)C[C@@H]3C(=O)O)c2c1.Cl. The fourth-order valence-corrected chi connectivity index (χ4v) is 5.77. The van der Waals surface area contributed by atoms with Crippen LogP contribution in [-0.4, -0.2) is 53.5 Å². The number of rotatable bonds is 10. The minimum atomic E-state index is -0.712. The number of fused-ring (bicyclic) bond motifs is 1. The van der Waals surface area contributed by atoms with Crippen molar-refractivity contribution in [2.24, 2.45) is 11.8 Å². The lowest BCUT2D eigenvalue weighted by Crippen LogP contribution is -2.44. The van der Waals surface area contributed by atoms with Gasteiger partial charge in [0, 0.05) is 35.3 Å². The lowest BCUT2D eigenvalue weighted by molar-refractivity contribution is -0.146. The van der Waals surface area contributed by atoms with E-state index in [-0.39, 0.29) is 30.1 Å². The second-order valence-electron chi connectivity index (χ2n) is 8.82. The van der Waals surface area contributed by atoms with Crippen molar-refractivity contribution in [2.45, 2.75) is 30.6 Å². The number of likely N-dealkylation sites (tertiary alicyclic amines) is 1. The van der Waals surface area contributed by atoms with Gasteiger partial charge in [-0.1, -0.05) is 12.1 Å². The Labute approximate surface area is 216 Å². The average molecular weight is 519 g/mol. The first-order valence-electron chi connectivity index (χ1n) is 11.8. The highest BCUT2D eigenvalue weighted by Crippen LogP contribution is 2.30. The van der Waals surface area contributed by atoms with Crippen molar-refractivity contribution < 1.29 is 19.0 Å². The number of carbonyl (C=O) groups is 1. The second-order valence-corrected chi connectivity index (χ2v) is 9.96. The molecule has 1 aromatic heterocycles. The smallest absolute Gasteiger partial charge is 0.308 e. The number of halogens is 2. The molecule has 1 fully saturated rings. The Morgan fingerprint density at radius 1 is 1.26 bits per heavy atom. The Balaban J connectivity index is 0.00000342. The van der Waals surface area contributed by atoms with E-state index in [1.807, 2.05) is 36.5 Å². The molecule has 3 aromatic rings. The lowest BCUT2D eigenvalue weighted by atomic mass is 9.81. The van der Waals surface area contributed by atoms with Gasteiger partial charge in [-0.2, -0.15) is 0 Å². The number of piperidine rings is 1. The standard InChI is InChI=1S/C27H31FN2O3S.ClH/c1-33-21-9-10-25-22(17-21)19(11-13-29-25)5-4-6-20-12-14-30(18-23(20)27(31)32)15-16-34-26-8-3-2-7-24(26)28;/h2-3,7-11,13,17,20,23H,4-6,12,14-16,18H2,1H3,(H,31,32);1H/t20-,23+;/m1./s1. The van der Waals surface area contributed by atoms with E-state index in [0.29, 0.717) is 11.4 Å². The number of pyridine rings is 1. The highest BCUT2D eigenvalue weighted by atomic mass is 35.5. The van der Waals surface area contributed by atoms with Crippen LogP contribution in [0.2, 0.25) is 0 Å². The molecular weight excluding hydrogens is 487 g/mol. The quantitative estimate of drug-likeness (QED) is 0.335. The topological polar surface area (TPSA) is 62.7 Å². The third kappa shape index (κ3) is 7.09. The van der Waals surface area contributed by atoms with Crippen LogP contribution in [0.3, 0.4) is 0 Å². The number of ether oxygens (including phenoxy) is 1. The molecular formula is C27H32ClFN2O3S. The van der Waals surface area contributed by atoms with Crippen molar-refractivity contribution in [3.05, 3.63) is 66.1 Å². The first-order chi connectivity index (χ1) is 16.5. The number of aryl methyl sites for hydroxylation is 1. The minimum absolute atomic E-state index is 0. The molecule has 8 heteroatoms. The van der Waals surface area contributed by atoms with Gasteiger partial charge in [-0.15, -0.1) is 24.2 Å². The highest BCUT2D eigenvalue weighted by Gasteiger charge is 2.33. The first-order valence-corrected chi connectivity index (χ1v) is 12.8. The van der Waals surface area contributed by atoms with E-state index in [1.54, 1.807) is 19.2 Å². The number of aromatic nitrogens is 1. The predicted molar refractivity (Wildman–Crippen MR) is 141 cm³/mol. The van der Waals surface area contributed by atoms with Crippen LogP contribution < -0.4 is 4.74 Å². The van der Waals surface area contributed by atoms with Crippen LogP contribution in [0.4, 0.5) is 4.39 Å². The molecule has 1 N–H and O–H groups in total. The van der Waals surface area contributed by atoms with Crippen LogP contribution in [0.25, 0.3) is 10.9 Å². The summed E-state index contributed by atoms with van der Waals surface area (Å²) < 4.78 is 19.2. The summed E-state index contributed by atoms with van der Waals surface area (Å²) in [5, 5.41) is 11.0. The number of methoxy groups -OCH3 is 1. The zero-order valence-electron chi connectivity index (χ0n) is 19.9. The number of carboxylic acids is 1. The summed E-state index contributed by atoms with van der Waals surface area (Å²) in [7, 11) is 1.66. The molecule has 1 saturated heterocycles. The predicted octanol–water partition coefficient (Wildman–Crippen LogP) is 5.94. The van der Waals surface area contributed by atoms with Crippen molar-refractivity contribution in [1.29, 1.82) is 0 Å². The summed E-state index contributed by atoms with van der Waals surface area (Å²) in [6, 6.07) is 14.7. The van der Waals surface area contributed by atoms with Crippen LogP contribution in [0, 0.1) is 17.7 Å². The number of hydrogen-bond acceptors (Lipinski definition) is 5. The Morgan fingerprint density at radius 2 is 2.09 bits per heavy atom. The van der Waals surface area contributed by atoms with Crippen molar-refractivity contribution in [3.63, 3.8) is 0 Å². The van der Waals surface area contributed by atoms with E-state index in [9.17, 15) is 14.3 Å². The average Bonchev–Trinajstić information content (AvgIpc) is 2.85. The molecule has 0 aliphatic carbocycles. The molecule has 188 valence electrons. The molecule has 4 rings (SSSR count). The van der Waals surface area contributed by atoms with Gasteiger partial charge in [-0.3, -0.25) is 9.78 Å². The summed E-state index contributed by atoms with van der Waals surface area (Å²) >= 11 is 1.49. The van der Waals surface area contributed by atoms with E-state index in [2.05, 4.69) is 9.88 Å². The third-order valence-corrected chi connectivity index (χ3v) is 7.75. The third-order valence-electron chi connectivity index (χ3n) is 6.72. The Kier molecular flexibility index (Phi) is 10.2. The van der Waals surface area contributed by atoms with Gasteiger partial charge < -0.3 is 14.7 Å². The number of benzene rings is 2. The first kappa shape index (κ1) is 27.2. The van der Waals surface area contributed by atoms with Crippen LogP contribution in [0.1, 0.15) is 24.8 Å². The Bertz CT molecular complexity index is 1130. The number of hydrogen-bond donors (Lipinski definition) is 1. The summed E-state index contributed by atoms with van der Waals surface area (Å²) in [6.45, 7) is 2.22. The normalized spacial score (nSPS) is 18.2. The van der Waals surface area contributed by atoms with Gasteiger partial charge >= 0.3 is 5.97 Å². The van der Waals surface area contributed by atoms with Crippen LogP contribution in [0.15, 0.2) is 59.6 Å². The Morgan fingerprint density at radius 3 is 2.86 bits per heavy atom. The number of carboxylic acid groups (broad SMARTS) is 1. The van der Waals surface area contributed by atoms with Gasteiger partial charge in [0.25, 0.3) is 0 Å². The fraction of sp³-hybridized carbons (Fsp3) is 0.407. The van der Waals surface area contributed by atoms with Crippen molar-refractivity contribution >= 4 is 41.0 Å². The maximum absolute atomic E-state index is 13.8. The molecule has 2 aromatic carbocycles. The molecule has 0 amide bonds. The van der Waals surface area contributed by atoms with Gasteiger partial charge in [-0.05, 0) is 80.1 Å². The lowest BCUT2D eigenvalue weighted by Gasteiger charge is -2.36. The summed E-state index contributed by atoms with van der Waals surface area (Å²) in [4.78, 5) is 19.3. The maximum atomic E-state index is 13.8. The molecule has 0 spiro atoms. The molecule has 35 heavy (non-hydrogen) atoms. The van der Waals surface area contributed by atoms with Crippen LogP contribution in [0.5, 0.6) is 5.75 Å². The zero-order valence-corrected chi connectivity index (χ0v) is 21.5. The van der Waals surface area contributed by atoms with Gasteiger partial charge in [0.1, 0.15) is 11.6 Å². The van der Waals surface area contributed by atoms with Gasteiger partial charge in [0.2, 0.25) is 0 Å². The molecule has 5 nitrogen and oxygen atoms in total. The molecule has 1 aliphatic rings. The van der Waals surface area contributed by atoms with E-state index >= 15 is 0 Å². The van der Waals surface area contributed by atoms with Gasteiger partial charge in [0.05, 0.1) is 18.5 Å². The molecule has 0 saturated carbocycles. The number of nitrogens with zero attached hydrogens (tertiary/aromatic N) is 2. The highest BCUT2D eigenvalue weighted by molar-refractivity contribution is 7.99. The molecule has 2 atom stereocenters. The molecule has 1 aliphatic heterocycles. The molecule has 0 radical (unpaired) electrons. The van der Waals surface area contributed by atoms with Crippen LogP contribution in [-0.2, 0) is 11.2 Å². The number of thioether (sulfide) groups is 1. The van der Waals surface area contributed by atoms with Gasteiger partial charge in [0.15, 0.2) is 0 Å². The van der Waals surface area contributed by atoms with Crippen molar-refractivity contribution in [2.75, 3.05) is 32.5 Å². The molecule has 2 heterocycles. The second kappa shape index (κ2) is 13.1.